The van der Waals surface area contributed by atoms with E-state index in [2.05, 4.69) is 6.92 Å². The van der Waals surface area contributed by atoms with Gasteiger partial charge in [0.1, 0.15) is 0 Å². The Balaban J connectivity index is 1.35. The molecule has 0 amide bonds. The van der Waals surface area contributed by atoms with Crippen molar-refractivity contribution in [1.29, 1.82) is 0 Å². The van der Waals surface area contributed by atoms with Crippen LogP contribution in [0.25, 0.3) is 0 Å². The fraction of sp³-hybridized carbons (Fsp3) is 0.786. The predicted molar refractivity (Wildman–Crippen MR) is 123 cm³/mol. The van der Waals surface area contributed by atoms with Crippen LogP contribution in [0.5, 0.6) is 0 Å². The van der Waals surface area contributed by atoms with Crippen LogP contribution in [0, 0.1) is 29.6 Å². The maximum atomic E-state index is 13.3. The van der Waals surface area contributed by atoms with Crippen LogP contribution >= 0.6 is 0 Å². The van der Waals surface area contributed by atoms with Crippen LogP contribution in [-0.2, 0) is 11.2 Å². The second-order valence-electron chi connectivity index (χ2n) is 10.9. The molecular formula is C28H41F3O. The highest BCUT2D eigenvalue weighted by atomic mass is 19.4. The number of hydrogen-bond acceptors (Lipinski definition) is 1. The molecule has 3 aliphatic carbocycles. The van der Waals surface area contributed by atoms with E-state index in [9.17, 15) is 13.2 Å². The van der Waals surface area contributed by atoms with Crippen molar-refractivity contribution in [2.75, 3.05) is 0 Å². The average molecular weight is 451 g/mol. The lowest BCUT2D eigenvalue weighted by Crippen LogP contribution is -2.38. The van der Waals surface area contributed by atoms with Gasteiger partial charge < -0.3 is 0 Å². The van der Waals surface area contributed by atoms with Crippen LogP contribution in [0.2, 0.25) is 0 Å². The van der Waals surface area contributed by atoms with Crippen LogP contribution in [0.4, 0.5) is 13.2 Å². The number of halogens is 3. The molecule has 6 unspecified atom stereocenters. The Kier molecular flexibility index (Phi) is 8.23. The fourth-order valence-electron chi connectivity index (χ4n) is 7.23. The fourth-order valence-corrected chi connectivity index (χ4v) is 7.23. The Morgan fingerprint density at radius 1 is 0.844 bits per heavy atom. The zero-order valence-electron chi connectivity index (χ0n) is 19.7. The molecule has 6 atom stereocenters. The number of rotatable bonds is 8. The topological polar surface area (TPSA) is 9.23 Å². The van der Waals surface area contributed by atoms with Crippen molar-refractivity contribution in [3.63, 3.8) is 0 Å². The van der Waals surface area contributed by atoms with E-state index in [1.54, 1.807) is 0 Å². The number of benzene rings is 1. The first-order chi connectivity index (χ1) is 15.4. The molecule has 0 bridgehead atoms. The molecule has 0 aromatic heterocycles. The van der Waals surface area contributed by atoms with Gasteiger partial charge in [-0.25, -0.2) is 0 Å². The highest BCUT2D eigenvalue weighted by Crippen LogP contribution is 2.52. The summed E-state index contributed by atoms with van der Waals surface area (Å²) in [6.45, 7) is 2.27. The first-order valence-electron chi connectivity index (χ1n) is 13.3. The molecule has 4 rings (SSSR count). The predicted octanol–water partition coefficient (Wildman–Crippen LogP) is 9.02. The Morgan fingerprint density at radius 2 is 1.56 bits per heavy atom. The monoisotopic (exact) mass is 450 g/mol. The zero-order valence-corrected chi connectivity index (χ0v) is 19.7. The van der Waals surface area contributed by atoms with E-state index in [4.69, 9.17) is 4.74 Å². The summed E-state index contributed by atoms with van der Waals surface area (Å²) in [5.74, 6) is 2.76. The van der Waals surface area contributed by atoms with E-state index < -0.39 is 12.5 Å². The van der Waals surface area contributed by atoms with Crippen molar-refractivity contribution in [3.8, 4) is 0 Å². The number of aryl methyl sites for hydroxylation is 1. The second kappa shape index (κ2) is 10.9. The summed E-state index contributed by atoms with van der Waals surface area (Å²) >= 11 is 0. The van der Waals surface area contributed by atoms with Crippen LogP contribution in [0.3, 0.4) is 0 Å². The maximum absolute atomic E-state index is 13.3. The van der Waals surface area contributed by atoms with Gasteiger partial charge in [0.15, 0.2) is 0 Å². The lowest BCUT2D eigenvalue weighted by molar-refractivity contribution is -0.354. The molecule has 4 heteroatoms. The molecule has 2 saturated carbocycles. The summed E-state index contributed by atoms with van der Waals surface area (Å²) in [7, 11) is 0. The molecule has 1 aromatic carbocycles. The van der Waals surface area contributed by atoms with E-state index in [-0.39, 0.29) is 5.92 Å². The third-order valence-electron chi connectivity index (χ3n) is 8.84. The molecule has 2 fully saturated rings. The molecule has 0 aliphatic heterocycles. The largest absolute Gasteiger partial charge is 0.523 e. The van der Waals surface area contributed by atoms with Crippen molar-refractivity contribution < 1.29 is 17.9 Å². The molecule has 32 heavy (non-hydrogen) atoms. The van der Waals surface area contributed by atoms with Gasteiger partial charge in [-0.3, -0.25) is 4.74 Å². The molecule has 1 aromatic rings. The van der Waals surface area contributed by atoms with E-state index in [1.165, 1.54) is 64.2 Å². The lowest BCUT2D eigenvalue weighted by atomic mass is 9.60. The molecule has 0 saturated heterocycles. The number of unbranched alkanes of at least 4 members (excludes halogenated alkanes) is 4. The Labute approximate surface area is 192 Å². The standard InChI is InChI=1S/C28H41F3O/c1-2-3-4-5-6-9-20-12-13-23-19-24(15-14-22(23)18-20)26-17-16-21-10-7-8-11-25(21)27(26)32-28(29,30)31/h7-8,10-11,20,22-24,26-27H,2-6,9,12-19H2,1H3. The van der Waals surface area contributed by atoms with Gasteiger partial charge in [0.2, 0.25) is 0 Å². The summed E-state index contributed by atoms with van der Waals surface area (Å²) in [5, 5.41) is 0. The van der Waals surface area contributed by atoms with Crippen LogP contribution < -0.4 is 0 Å². The minimum atomic E-state index is -4.58. The van der Waals surface area contributed by atoms with Gasteiger partial charge in [0.05, 0.1) is 6.10 Å². The summed E-state index contributed by atoms with van der Waals surface area (Å²) < 4.78 is 44.8. The van der Waals surface area contributed by atoms with Gasteiger partial charge in [-0.05, 0) is 85.7 Å². The van der Waals surface area contributed by atoms with Crippen molar-refractivity contribution in [3.05, 3.63) is 35.4 Å². The Morgan fingerprint density at radius 3 is 2.38 bits per heavy atom. The molecular weight excluding hydrogens is 409 g/mol. The summed E-state index contributed by atoms with van der Waals surface area (Å²) in [5.41, 5.74) is 1.81. The number of alkyl halides is 3. The van der Waals surface area contributed by atoms with E-state index in [0.29, 0.717) is 11.8 Å². The quantitative estimate of drug-likeness (QED) is 0.359. The summed E-state index contributed by atoms with van der Waals surface area (Å²) in [6.07, 6.45) is 11.8. The maximum Gasteiger partial charge on any atom is 0.523 e. The molecule has 0 heterocycles. The minimum absolute atomic E-state index is 0.0104. The number of ether oxygens (including phenoxy) is 1. The van der Waals surface area contributed by atoms with E-state index >= 15 is 0 Å². The van der Waals surface area contributed by atoms with Crippen LogP contribution in [0.15, 0.2) is 24.3 Å². The van der Waals surface area contributed by atoms with Gasteiger partial charge in [-0.1, -0.05) is 76.1 Å². The minimum Gasteiger partial charge on any atom is -0.283 e. The third kappa shape index (κ3) is 6.10. The van der Waals surface area contributed by atoms with E-state index in [1.807, 2.05) is 24.3 Å². The highest BCUT2D eigenvalue weighted by Gasteiger charge is 2.45. The molecule has 180 valence electrons. The smallest absolute Gasteiger partial charge is 0.283 e. The lowest BCUT2D eigenvalue weighted by Gasteiger charge is -2.46. The molecule has 1 nitrogen and oxygen atoms in total. The first kappa shape index (κ1) is 24.1. The second-order valence-corrected chi connectivity index (χ2v) is 10.9. The third-order valence-corrected chi connectivity index (χ3v) is 8.84. The Hall–Kier alpha value is -1.03. The number of fused-ring (bicyclic) bond motifs is 2. The molecule has 0 spiro atoms. The molecule has 3 aliphatic rings. The normalized spacial score (nSPS) is 32.9. The molecule has 0 radical (unpaired) electrons. The van der Waals surface area contributed by atoms with Gasteiger partial charge in [0, 0.05) is 0 Å². The van der Waals surface area contributed by atoms with Crippen molar-refractivity contribution in [1.82, 2.24) is 0 Å². The van der Waals surface area contributed by atoms with Gasteiger partial charge >= 0.3 is 6.36 Å². The first-order valence-corrected chi connectivity index (χ1v) is 13.3. The van der Waals surface area contributed by atoms with Crippen molar-refractivity contribution in [2.45, 2.75) is 109 Å². The summed E-state index contributed by atoms with van der Waals surface area (Å²) in [6, 6.07) is 7.61. The van der Waals surface area contributed by atoms with Crippen molar-refractivity contribution in [2.24, 2.45) is 29.6 Å². The highest BCUT2D eigenvalue weighted by molar-refractivity contribution is 5.32. The van der Waals surface area contributed by atoms with Crippen molar-refractivity contribution >= 4 is 0 Å². The number of hydrogen-bond donors (Lipinski definition) is 0. The van der Waals surface area contributed by atoms with Gasteiger partial charge in [-0.15, -0.1) is 13.2 Å². The Bertz CT molecular complexity index is 715. The summed E-state index contributed by atoms with van der Waals surface area (Å²) in [4.78, 5) is 0. The van der Waals surface area contributed by atoms with Crippen LogP contribution in [0.1, 0.15) is 108 Å². The average Bonchev–Trinajstić information content (AvgIpc) is 2.78. The van der Waals surface area contributed by atoms with E-state index in [0.717, 1.165) is 48.6 Å². The zero-order chi connectivity index (χ0) is 22.6. The van der Waals surface area contributed by atoms with Crippen LogP contribution in [-0.4, -0.2) is 6.36 Å². The van der Waals surface area contributed by atoms with Gasteiger partial charge in [-0.2, -0.15) is 0 Å². The SMILES string of the molecule is CCCCCCCC1CCC2CC(C3CCc4ccccc4C3OC(F)(F)F)CCC2C1. The molecule has 0 N–H and O–H groups in total. The van der Waals surface area contributed by atoms with Gasteiger partial charge in [0.25, 0.3) is 0 Å².